The normalized spacial score (nSPS) is 10.2. The van der Waals surface area contributed by atoms with Gasteiger partial charge >= 0.3 is 0 Å². The Balaban J connectivity index is 2.73. The monoisotopic (exact) mass is 280 g/mol. The molecule has 2 rings (SSSR count). The summed E-state index contributed by atoms with van der Waals surface area (Å²) in [6.07, 6.45) is 1.87. The molecule has 0 bridgehead atoms. The Morgan fingerprint density at radius 1 is 1.00 bits per heavy atom. The molecule has 0 saturated carbocycles. The van der Waals surface area contributed by atoms with Gasteiger partial charge in [0.1, 0.15) is 0 Å². The van der Waals surface area contributed by atoms with Crippen LogP contribution in [0.3, 0.4) is 0 Å². The van der Waals surface area contributed by atoms with Gasteiger partial charge in [-0.25, -0.2) is 0 Å². The summed E-state index contributed by atoms with van der Waals surface area (Å²) < 4.78 is 1.27. The molecule has 13 heavy (non-hydrogen) atoms. The number of fused-ring (bicyclic) bond motifs is 1. The van der Waals surface area contributed by atoms with Gasteiger partial charge in [0.05, 0.1) is 0 Å². The summed E-state index contributed by atoms with van der Waals surface area (Å²) in [5.41, 5.74) is 1.17. The molecule has 0 aromatic heterocycles. The molecule has 0 aliphatic carbocycles. The lowest BCUT2D eigenvalue weighted by Gasteiger charge is -1.99. The van der Waals surface area contributed by atoms with Crippen LogP contribution >= 0.6 is 22.6 Å². The van der Waals surface area contributed by atoms with Crippen LogP contribution in [0.5, 0.6) is 0 Å². The van der Waals surface area contributed by atoms with Crippen LogP contribution in [0.15, 0.2) is 43.0 Å². The molecule has 0 saturated heterocycles. The number of halogens is 1. The number of hydrogen-bond donors (Lipinski definition) is 0. The van der Waals surface area contributed by atoms with E-state index in [2.05, 4.69) is 65.6 Å². The zero-order valence-corrected chi connectivity index (χ0v) is 9.28. The van der Waals surface area contributed by atoms with Crippen molar-refractivity contribution in [3.05, 3.63) is 52.1 Å². The second-order valence-electron chi connectivity index (χ2n) is 2.96. The molecule has 0 atom stereocenters. The smallest absolute Gasteiger partial charge is 0.0136 e. The number of hydrogen-bond acceptors (Lipinski definition) is 0. The maximum Gasteiger partial charge on any atom is 0.0136 e. The van der Waals surface area contributed by atoms with E-state index in [1.165, 1.54) is 19.9 Å². The Kier molecular flexibility index (Phi) is 2.36. The van der Waals surface area contributed by atoms with Gasteiger partial charge in [0, 0.05) is 3.57 Å². The molecule has 0 aliphatic rings. The Morgan fingerprint density at radius 3 is 2.46 bits per heavy atom. The molecule has 64 valence electrons. The molecule has 0 unspecified atom stereocenters. The molecule has 0 fully saturated rings. The van der Waals surface area contributed by atoms with E-state index in [4.69, 9.17) is 0 Å². The first-order chi connectivity index (χ1) is 6.29. The predicted molar refractivity (Wildman–Crippen MR) is 66.8 cm³/mol. The molecule has 0 heterocycles. The largest absolute Gasteiger partial charge is 0.0985 e. The van der Waals surface area contributed by atoms with E-state index < -0.39 is 0 Å². The van der Waals surface area contributed by atoms with Gasteiger partial charge in [0.25, 0.3) is 0 Å². The third kappa shape index (κ3) is 1.75. The molecule has 0 N–H and O–H groups in total. The van der Waals surface area contributed by atoms with Crippen molar-refractivity contribution >= 4 is 39.4 Å². The topological polar surface area (TPSA) is 0 Å². The third-order valence-electron chi connectivity index (χ3n) is 2.06. The van der Waals surface area contributed by atoms with Crippen LogP contribution in [-0.2, 0) is 0 Å². The second kappa shape index (κ2) is 3.50. The highest BCUT2D eigenvalue weighted by atomic mass is 127. The molecule has 2 aromatic rings. The van der Waals surface area contributed by atoms with Crippen LogP contribution < -0.4 is 0 Å². The quantitative estimate of drug-likeness (QED) is 0.690. The highest BCUT2D eigenvalue weighted by Crippen LogP contribution is 2.19. The van der Waals surface area contributed by atoms with Gasteiger partial charge in [-0.05, 0) is 57.1 Å². The summed E-state index contributed by atoms with van der Waals surface area (Å²) in [5.74, 6) is 0. The SMILES string of the molecule is C=Cc1ccc2cc(I)ccc2c1. The Bertz CT molecular complexity index is 458. The minimum Gasteiger partial charge on any atom is -0.0985 e. The van der Waals surface area contributed by atoms with Crippen molar-refractivity contribution in [3.8, 4) is 0 Å². The van der Waals surface area contributed by atoms with Gasteiger partial charge in [-0.3, -0.25) is 0 Å². The summed E-state index contributed by atoms with van der Waals surface area (Å²) in [6, 6.07) is 12.8. The minimum absolute atomic E-state index is 1.17. The Labute approximate surface area is 91.4 Å². The van der Waals surface area contributed by atoms with Gasteiger partial charge in [-0.15, -0.1) is 0 Å². The van der Waals surface area contributed by atoms with E-state index in [-0.39, 0.29) is 0 Å². The fourth-order valence-corrected chi connectivity index (χ4v) is 1.88. The first-order valence-corrected chi connectivity index (χ1v) is 5.19. The first-order valence-electron chi connectivity index (χ1n) is 4.11. The average Bonchev–Trinajstić information content (AvgIpc) is 2.17. The van der Waals surface area contributed by atoms with Crippen molar-refractivity contribution in [1.82, 2.24) is 0 Å². The fraction of sp³-hybridized carbons (Fsp3) is 0. The van der Waals surface area contributed by atoms with Crippen LogP contribution in [0.4, 0.5) is 0 Å². The van der Waals surface area contributed by atoms with Gasteiger partial charge in [0.15, 0.2) is 0 Å². The van der Waals surface area contributed by atoms with Crippen molar-refractivity contribution in [3.63, 3.8) is 0 Å². The lowest BCUT2D eigenvalue weighted by atomic mass is 10.1. The van der Waals surface area contributed by atoms with Gasteiger partial charge in [-0.2, -0.15) is 0 Å². The molecule has 1 heteroatoms. The number of benzene rings is 2. The Morgan fingerprint density at radius 2 is 1.69 bits per heavy atom. The maximum absolute atomic E-state index is 3.75. The van der Waals surface area contributed by atoms with Crippen molar-refractivity contribution in [2.24, 2.45) is 0 Å². The molecular formula is C12H9I. The van der Waals surface area contributed by atoms with Gasteiger partial charge < -0.3 is 0 Å². The number of rotatable bonds is 1. The summed E-state index contributed by atoms with van der Waals surface area (Å²) in [6.45, 7) is 3.75. The minimum atomic E-state index is 1.17. The molecule has 2 aromatic carbocycles. The average molecular weight is 280 g/mol. The van der Waals surface area contributed by atoms with Crippen molar-refractivity contribution in [2.75, 3.05) is 0 Å². The van der Waals surface area contributed by atoms with Crippen LogP contribution in [0.25, 0.3) is 16.8 Å². The van der Waals surface area contributed by atoms with Crippen LogP contribution in [0, 0.1) is 3.57 Å². The van der Waals surface area contributed by atoms with Crippen LogP contribution in [0.1, 0.15) is 5.56 Å². The van der Waals surface area contributed by atoms with Crippen LogP contribution in [0.2, 0.25) is 0 Å². The van der Waals surface area contributed by atoms with Crippen molar-refractivity contribution in [1.29, 1.82) is 0 Å². The van der Waals surface area contributed by atoms with Crippen LogP contribution in [-0.4, -0.2) is 0 Å². The maximum atomic E-state index is 3.75. The summed E-state index contributed by atoms with van der Waals surface area (Å²) in [4.78, 5) is 0. The predicted octanol–water partition coefficient (Wildman–Crippen LogP) is 4.09. The van der Waals surface area contributed by atoms with E-state index in [9.17, 15) is 0 Å². The van der Waals surface area contributed by atoms with E-state index in [0.717, 1.165) is 0 Å². The molecule has 0 nitrogen and oxygen atoms in total. The Hall–Kier alpha value is -0.830. The van der Waals surface area contributed by atoms with Crippen molar-refractivity contribution in [2.45, 2.75) is 0 Å². The highest BCUT2D eigenvalue weighted by molar-refractivity contribution is 14.1. The lowest BCUT2D eigenvalue weighted by Crippen LogP contribution is -1.76. The summed E-state index contributed by atoms with van der Waals surface area (Å²) in [5, 5.41) is 2.57. The molecular weight excluding hydrogens is 271 g/mol. The molecule has 0 aliphatic heterocycles. The molecule has 0 spiro atoms. The van der Waals surface area contributed by atoms with E-state index in [1.807, 2.05) is 6.08 Å². The van der Waals surface area contributed by atoms with E-state index in [1.54, 1.807) is 0 Å². The molecule has 0 radical (unpaired) electrons. The standard InChI is InChI=1S/C12H9I/c1-2-9-3-4-11-8-12(13)6-5-10(11)7-9/h2-8H,1H2. The molecule has 0 amide bonds. The highest BCUT2D eigenvalue weighted by Gasteiger charge is 1.94. The third-order valence-corrected chi connectivity index (χ3v) is 2.73. The first kappa shape index (κ1) is 8.75. The van der Waals surface area contributed by atoms with Gasteiger partial charge in [-0.1, -0.05) is 30.9 Å². The lowest BCUT2D eigenvalue weighted by molar-refractivity contribution is 1.68. The zero-order chi connectivity index (χ0) is 9.26. The fourth-order valence-electron chi connectivity index (χ4n) is 1.36. The summed E-state index contributed by atoms with van der Waals surface area (Å²) >= 11 is 2.33. The van der Waals surface area contributed by atoms with E-state index in [0.29, 0.717) is 0 Å². The summed E-state index contributed by atoms with van der Waals surface area (Å²) in [7, 11) is 0. The van der Waals surface area contributed by atoms with Gasteiger partial charge in [0.2, 0.25) is 0 Å². The van der Waals surface area contributed by atoms with Crippen molar-refractivity contribution < 1.29 is 0 Å². The zero-order valence-electron chi connectivity index (χ0n) is 7.13. The van der Waals surface area contributed by atoms with E-state index >= 15 is 0 Å². The second-order valence-corrected chi connectivity index (χ2v) is 4.20.